The number of hydrogen-bond donors (Lipinski definition) is 0. The molecule has 0 nitrogen and oxygen atoms in total. The summed E-state index contributed by atoms with van der Waals surface area (Å²) in [6.07, 6.45) is 0. The minimum atomic E-state index is 0.534. The lowest BCUT2D eigenvalue weighted by atomic mass is 10.0. The van der Waals surface area contributed by atoms with Crippen molar-refractivity contribution in [2.45, 2.75) is 10.8 Å². The van der Waals surface area contributed by atoms with Crippen molar-refractivity contribution >= 4 is 39.3 Å². The number of hydrogen-bond acceptors (Lipinski definition) is 1. The molecular formula is C15H14BrClS. The van der Waals surface area contributed by atoms with Crippen LogP contribution in [0, 0.1) is 0 Å². The normalized spacial score (nSPS) is 12.3. The molecule has 0 fully saturated rings. The third kappa shape index (κ3) is 4.04. The first kappa shape index (κ1) is 14.0. The van der Waals surface area contributed by atoms with Crippen molar-refractivity contribution in [1.29, 1.82) is 0 Å². The van der Waals surface area contributed by atoms with Crippen LogP contribution >= 0.6 is 39.3 Å². The van der Waals surface area contributed by atoms with Gasteiger partial charge in [0.2, 0.25) is 0 Å². The van der Waals surface area contributed by atoms with Gasteiger partial charge in [0, 0.05) is 26.9 Å². The van der Waals surface area contributed by atoms with Crippen LogP contribution in [0.1, 0.15) is 11.5 Å². The van der Waals surface area contributed by atoms with E-state index in [1.165, 1.54) is 10.5 Å². The lowest BCUT2D eigenvalue weighted by Gasteiger charge is -2.14. The van der Waals surface area contributed by atoms with E-state index in [0.29, 0.717) is 5.92 Å². The predicted octanol–water partition coefficient (Wildman–Crippen LogP) is 5.61. The van der Waals surface area contributed by atoms with Gasteiger partial charge < -0.3 is 0 Å². The van der Waals surface area contributed by atoms with E-state index >= 15 is 0 Å². The maximum Gasteiger partial charge on any atom is 0.0406 e. The van der Waals surface area contributed by atoms with Gasteiger partial charge in [0.15, 0.2) is 0 Å². The van der Waals surface area contributed by atoms with Crippen LogP contribution in [0.4, 0.5) is 0 Å². The minimum Gasteiger partial charge on any atom is -0.126 e. The second-order valence-corrected chi connectivity index (χ2v) is 6.20. The van der Waals surface area contributed by atoms with E-state index in [-0.39, 0.29) is 0 Å². The van der Waals surface area contributed by atoms with Gasteiger partial charge in [-0.1, -0.05) is 57.9 Å². The third-order valence-electron chi connectivity index (χ3n) is 2.72. The highest BCUT2D eigenvalue weighted by Crippen LogP contribution is 2.28. The first-order chi connectivity index (χ1) is 8.79. The summed E-state index contributed by atoms with van der Waals surface area (Å²) in [7, 11) is 0. The van der Waals surface area contributed by atoms with Crippen LogP contribution in [0.15, 0.2) is 59.5 Å². The summed E-state index contributed by atoms with van der Waals surface area (Å²) < 4.78 is 0. The van der Waals surface area contributed by atoms with Crippen molar-refractivity contribution < 1.29 is 0 Å². The Hall–Kier alpha value is -0.440. The quantitative estimate of drug-likeness (QED) is 0.503. The smallest absolute Gasteiger partial charge is 0.0406 e. The SMILES string of the molecule is Clc1ccc(SCC(CBr)c2ccccc2)cc1. The van der Waals surface area contributed by atoms with E-state index in [0.717, 1.165) is 16.1 Å². The topological polar surface area (TPSA) is 0 Å². The predicted molar refractivity (Wildman–Crippen MR) is 85.2 cm³/mol. The van der Waals surface area contributed by atoms with Crippen LogP contribution < -0.4 is 0 Å². The van der Waals surface area contributed by atoms with Gasteiger partial charge in [0.05, 0.1) is 0 Å². The monoisotopic (exact) mass is 340 g/mol. The van der Waals surface area contributed by atoms with Crippen LogP contribution in [0.3, 0.4) is 0 Å². The largest absolute Gasteiger partial charge is 0.126 e. The molecule has 0 N–H and O–H groups in total. The number of alkyl halides is 1. The molecule has 0 spiro atoms. The van der Waals surface area contributed by atoms with E-state index in [2.05, 4.69) is 58.4 Å². The Morgan fingerprint density at radius 3 is 2.28 bits per heavy atom. The average Bonchev–Trinajstić information content (AvgIpc) is 2.43. The second-order valence-electron chi connectivity index (χ2n) is 4.03. The maximum atomic E-state index is 5.88. The van der Waals surface area contributed by atoms with Crippen molar-refractivity contribution in [3.8, 4) is 0 Å². The van der Waals surface area contributed by atoms with Crippen LogP contribution in [0.25, 0.3) is 0 Å². The number of benzene rings is 2. The molecule has 3 heteroatoms. The van der Waals surface area contributed by atoms with Crippen LogP contribution in [-0.2, 0) is 0 Å². The van der Waals surface area contributed by atoms with Crippen molar-refractivity contribution in [3.63, 3.8) is 0 Å². The molecule has 1 atom stereocenters. The van der Waals surface area contributed by atoms with Gasteiger partial charge in [-0.3, -0.25) is 0 Å². The highest BCUT2D eigenvalue weighted by atomic mass is 79.9. The Morgan fingerprint density at radius 1 is 1.00 bits per heavy atom. The minimum absolute atomic E-state index is 0.534. The molecule has 2 rings (SSSR count). The molecule has 0 bridgehead atoms. The molecule has 2 aromatic rings. The molecule has 94 valence electrons. The van der Waals surface area contributed by atoms with Crippen molar-refractivity contribution in [2.24, 2.45) is 0 Å². The average molecular weight is 342 g/mol. The van der Waals surface area contributed by atoms with Gasteiger partial charge in [0.1, 0.15) is 0 Å². The molecule has 0 aliphatic rings. The Morgan fingerprint density at radius 2 is 1.67 bits per heavy atom. The van der Waals surface area contributed by atoms with Crippen molar-refractivity contribution in [1.82, 2.24) is 0 Å². The Bertz CT molecular complexity index is 470. The molecule has 0 amide bonds. The van der Waals surface area contributed by atoms with Gasteiger partial charge >= 0.3 is 0 Å². The molecule has 0 radical (unpaired) electrons. The van der Waals surface area contributed by atoms with Crippen LogP contribution in [-0.4, -0.2) is 11.1 Å². The van der Waals surface area contributed by atoms with Crippen LogP contribution in [0.2, 0.25) is 5.02 Å². The van der Waals surface area contributed by atoms with E-state index < -0.39 is 0 Å². The molecule has 0 saturated carbocycles. The highest BCUT2D eigenvalue weighted by molar-refractivity contribution is 9.09. The Kier molecular flexibility index (Phi) is 5.61. The molecular weight excluding hydrogens is 328 g/mol. The van der Waals surface area contributed by atoms with Crippen molar-refractivity contribution in [3.05, 3.63) is 65.2 Å². The standard InChI is InChI=1S/C15H14BrClS/c16-10-13(12-4-2-1-3-5-12)11-18-15-8-6-14(17)7-9-15/h1-9,13H,10-11H2. The molecule has 18 heavy (non-hydrogen) atoms. The van der Waals surface area contributed by atoms with Crippen molar-refractivity contribution in [2.75, 3.05) is 11.1 Å². The summed E-state index contributed by atoms with van der Waals surface area (Å²) in [6.45, 7) is 0. The molecule has 0 heterocycles. The molecule has 0 aromatic heterocycles. The summed E-state index contributed by atoms with van der Waals surface area (Å²) in [4.78, 5) is 1.27. The molecule has 0 aliphatic heterocycles. The zero-order valence-electron chi connectivity index (χ0n) is 9.85. The van der Waals surface area contributed by atoms with Gasteiger partial charge in [-0.05, 0) is 29.8 Å². The van der Waals surface area contributed by atoms with Gasteiger partial charge in [-0.15, -0.1) is 11.8 Å². The highest BCUT2D eigenvalue weighted by Gasteiger charge is 2.10. The lowest BCUT2D eigenvalue weighted by molar-refractivity contribution is 0.902. The zero-order valence-corrected chi connectivity index (χ0v) is 13.0. The molecule has 0 saturated heterocycles. The Balaban J connectivity index is 1.97. The Labute approximate surface area is 126 Å². The van der Waals surface area contributed by atoms with E-state index in [4.69, 9.17) is 11.6 Å². The number of rotatable bonds is 5. The lowest BCUT2D eigenvalue weighted by Crippen LogP contribution is -2.03. The molecule has 0 aliphatic carbocycles. The summed E-state index contributed by atoms with van der Waals surface area (Å²) in [5.41, 5.74) is 1.39. The van der Waals surface area contributed by atoms with Crippen LogP contribution in [0.5, 0.6) is 0 Å². The fourth-order valence-corrected chi connectivity index (χ4v) is 3.75. The summed E-state index contributed by atoms with van der Waals surface area (Å²) >= 11 is 11.4. The number of halogens is 2. The second kappa shape index (κ2) is 7.22. The fourth-order valence-electron chi connectivity index (χ4n) is 1.68. The molecule has 1 unspecified atom stereocenters. The van der Waals surface area contributed by atoms with Gasteiger partial charge in [-0.2, -0.15) is 0 Å². The van der Waals surface area contributed by atoms with Gasteiger partial charge in [0.25, 0.3) is 0 Å². The first-order valence-corrected chi connectivity index (χ1v) is 8.27. The number of thioether (sulfide) groups is 1. The van der Waals surface area contributed by atoms with E-state index in [9.17, 15) is 0 Å². The molecule has 2 aromatic carbocycles. The van der Waals surface area contributed by atoms with E-state index in [1.54, 1.807) is 0 Å². The summed E-state index contributed by atoms with van der Waals surface area (Å²) in [5, 5.41) is 1.77. The van der Waals surface area contributed by atoms with E-state index in [1.807, 2.05) is 23.9 Å². The fraction of sp³-hybridized carbons (Fsp3) is 0.200. The van der Waals surface area contributed by atoms with Gasteiger partial charge in [-0.25, -0.2) is 0 Å². The maximum absolute atomic E-state index is 5.88. The summed E-state index contributed by atoms with van der Waals surface area (Å²) in [6, 6.07) is 18.7. The summed E-state index contributed by atoms with van der Waals surface area (Å²) in [5.74, 6) is 1.60. The first-order valence-electron chi connectivity index (χ1n) is 5.79. The third-order valence-corrected chi connectivity index (χ3v) is 4.93. The zero-order chi connectivity index (χ0) is 12.8.